The Morgan fingerprint density at radius 3 is 2.57 bits per heavy atom. The topological polar surface area (TPSA) is 104 Å². The zero-order chi connectivity index (χ0) is 25.8. The number of anilines is 2. The standard InChI is InChI=1S/C27H33N7O3/c1-28-27(37)8-9-33(19-36)24-3-2-4-25-23(24)7-10-34(25)22-15-20(16-22)17-31-11-13-32(14-12-31)26-6-5-21(18-35)29-30-26/h2-7,10,18-20,22H,8-9,11-17H2,1H3,(H,28,37). The van der Waals surface area contributed by atoms with Crippen LogP contribution < -0.4 is 15.1 Å². The summed E-state index contributed by atoms with van der Waals surface area (Å²) in [5.74, 6) is 1.41. The van der Waals surface area contributed by atoms with Crippen molar-refractivity contribution in [2.24, 2.45) is 5.92 Å². The molecule has 1 aromatic carbocycles. The van der Waals surface area contributed by atoms with E-state index < -0.39 is 0 Å². The van der Waals surface area contributed by atoms with Gasteiger partial charge in [-0.15, -0.1) is 10.2 Å². The van der Waals surface area contributed by atoms with Crippen LogP contribution in [-0.2, 0) is 9.59 Å². The highest BCUT2D eigenvalue weighted by molar-refractivity contribution is 5.97. The minimum absolute atomic E-state index is 0.0829. The van der Waals surface area contributed by atoms with Crippen molar-refractivity contribution < 1.29 is 14.4 Å². The van der Waals surface area contributed by atoms with Gasteiger partial charge in [0.1, 0.15) is 5.69 Å². The fourth-order valence-electron chi connectivity index (χ4n) is 5.49. The molecule has 0 radical (unpaired) electrons. The van der Waals surface area contributed by atoms with Gasteiger partial charge in [-0.3, -0.25) is 19.3 Å². The smallest absolute Gasteiger partial charge is 0.221 e. The van der Waals surface area contributed by atoms with Crippen molar-refractivity contribution in [3.05, 3.63) is 48.3 Å². The molecule has 1 aliphatic heterocycles. The van der Waals surface area contributed by atoms with Crippen LogP contribution in [0.25, 0.3) is 10.9 Å². The predicted octanol–water partition coefficient (Wildman–Crippen LogP) is 2.12. The number of aromatic nitrogens is 3. The molecule has 1 aliphatic carbocycles. The molecule has 37 heavy (non-hydrogen) atoms. The van der Waals surface area contributed by atoms with Crippen molar-refractivity contribution in [1.82, 2.24) is 25.0 Å². The maximum Gasteiger partial charge on any atom is 0.221 e. The van der Waals surface area contributed by atoms with Crippen LogP contribution in [0.3, 0.4) is 0 Å². The van der Waals surface area contributed by atoms with Crippen molar-refractivity contribution in [3.8, 4) is 0 Å². The van der Waals surface area contributed by atoms with Crippen molar-refractivity contribution in [3.63, 3.8) is 0 Å². The molecule has 1 N–H and O–H groups in total. The highest BCUT2D eigenvalue weighted by Crippen LogP contribution is 2.41. The monoisotopic (exact) mass is 503 g/mol. The van der Waals surface area contributed by atoms with Gasteiger partial charge in [0.25, 0.3) is 0 Å². The van der Waals surface area contributed by atoms with Crippen molar-refractivity contribution in [2.75, 3.05) is 56.1 Å². The number of fused-ring (bicyclic) bond motifs is 1. The number of piperazine rings is 1. The number of nitrogens with zero attached hydrogens (tertiary/aromatic N) is 6. The molecule has 2 amide bonds. The van der Waals surface area contributed by atoms with Crippen LogP contribution in [0.15, 0.2) is 42.6 Å². The van der Waals surface area contributed by atoms with E-state index in [0.29, 0.717) is 30.5 Å². The maximum atomic E-state index is 11.8. The average Bonchev–Trinajstić information content (AvgIpc) is 3.35. The summed E-state index contributed by atoms with van der Waals surface area (Å²) in [5.41, 5.74) is 2.33. The molecule has 10 nitrogen and oxygen atoms in total. The molecule has 0 bridgehead atoms. The van der Waals surface area contributed by atoms with E-state index in [1.165, 1.54) is 0 Å². The Morgan fingerprint density at radius 1 is 1.08 bits per heavy atom. The first-order valence-corrected chi connectivity index (χ1v) is 12.9. The Morgan fingerprint density at radius 2 is 1.89 bits per heavy atom. The number of amides is 2. The summed E-state index contributed by atoms with van der Waals surface area (Å²) in [6.07, 6.45) is 6.20. The number of hydrogen-bond acceptors (Lipinski definition) is 7. The summed E-state index contributed by atoms with van der Waals surface area (Å²) in [7, 11) is 1.60. The van der Waals surface area contributed by atoms with E-state index in [9.17, 15) is 14.4 Å². The number of nitrogens with one attached hydrogen (secondary N) is 1. The number of aldehydes is 1. The van der Waals surface area contributed by atoms with E-state index in [-0.39, 0.29) is 12.3 Å². The number of carbonyl (C=O) groups excluding carboxylic acids is 3. The third kappa shape index (κ3) is 5.34. The number of hydrogen-bond donors (Lipinski definition) is 1. The van der Waals surface area contributed by atoms with E-state index in [2.05, 4.69) is 48.2 Å². The average molecular weight is 504 g/mol. The van der Waals surface area contributed by atoms with E-state index >= 15 is 0 Å². The van der Waals surface area contributed by atoms with Gasteiger partial charge in [0.15, 0.2) is 12.1 Å². The molecule has 10 heteroatoms. The Kier molecular flexibility index (Phi) is 7.45. The fourth-order valence-corrected chi connectivity index (χ4v) is 5.49. The summed E-state index contributed by atoms with van der Waals surface area (Å²) < 4.78 is 2.34. The molecule has 3 aromatic rings. The lowest BCUT2D eigenvalue weighted by Gasteiger charge is -2.42. The van der Waals surface area contributed by atoms with Crippen LogP contribution in [0.4, 0.5) is 11.5 Å². The number of benzene rings is 1. The summed E-state index contributed by atoms with van der Waals surface area (Å²) in [5, 5.41) is 11.8. The first kappa shape index (κ1) is 24.9. The van der Waals surface area contributed by atoms with E-state index in [0.717, 1.165) is 74.4 Å². The number of rotatable bonds is 10. The van der Waals surface area contributed by atoms with Gasteiger partial charge in [-0.25, -0.2) is 0 Å². The second kappa shape index (κ2) is 11.1. The highest BCUT2D eigenvalue weighted by atomic mass is 16.2. The molecule has 194 valence electrons. The van der Waals surface area contributed by atoms with Gasteiger partial charge >= 0.3 is 0 Å². The molecule has 2 aromatic heterocycles. The molecule has 2 aliphatic rings. The Bertz CT molecular complexity index is 1240. The van der Waals surface area contributed by atoms with Gasteiger partial charge in [-0.1, -0.05) is 6.07 Å². The Labute approximate surface area is 216 Å². The minimum Gasteiger partial charge on any atom is -0.359 e. The third-order valence-corrected chi connectivity index (χ3v) is 7.64. The van der Waals surface area contributed by atoms with E-state index in [4.69, 9.17) is 0 Å². The minimum atomic E-state index is -0.0829. The fraction of sp³-hybridized carbons (Fsp3) is 0.444. The quantitative estimate of drug-likeness (QED) is 0.423. The summed E-state index contributed by atoms with van der Waals surface area (Å²) >= 11 is 0. The lowest BCUT2D eigenvalue weighted by atomic mass is 9.79. The van der Waals surface area contributed by atoms with E-state index in [1.54, 1.807) is 18.0 Å². The van der Waals surface area contributed by atoms with Crippen molar-refractivity contribution in [1.29, 1.82) is 0 Å². The second-order valence-corrected chi connectivity index (χ2v) is 9.87. The van der Waals surface area contributed by atoms with Gasteiger partial charge in [0.05, 0.1) is 11.2 Å². The first-order valence-electron chi connectivity index (χ1n) is 12.9. The second-order valence-electron chi connectivity index (χ2n) is 9.87. The third-order valence-electron chi connectivity index (χ3n) is 7.64. The van der Waals surface area contributed by atoms with Crippen LogP contribution in [-0.4, -0.2) is 84.6 Å². The van der Waals surface area contributed by atoms with Crippen molar-refractivity contribution in [2.45, 2.75) is 25.3 Å². The zero-order valence-electron chi connectivity index (χ0n) is 21.1. The van der Waals surface area contributed by atoms with Crippen LogP contribution >= 0.6 is 0 Å². The molecule has 5 rings (SSSR count). The van der Waals surface area contributed by atoms with Crippen LogP contribution in [0, 0.1) is 5.92 Å². The maximum absolute atomic E-state index is 11.8. The van der Waals surface area contributed by atoms with Crippen molar-refractivity contribution >= 4 is 41.0 Å². The van der Waals surface area contributed by atoms with Gasteiger partial charge < -0.3 is 19.7 Å². The number of carbonyl (C=O) groups is 3. The lowest BCUT2D eigenvalue weighted by Crippen LogP contribution is -2.49. The molecular formula is C27H33N7O3. The van der Waals surface area contributed by atoms with Gasteiger partial charge in [0.2, 0.25) is 12.3 Å². The molecule has 0 unspecified atom stereocenters. The van der Waals surface area contributed by atoms with E-state index in [1.807, 2.05) is 18.2 Å². The molecule has 2 fully saturated rings. The summed E-state index contributed by atoms with van der Waals surface area (Å²) in [6, 6.07) is 12.2. The molecule has 3 heterocycles. The van der Waals surface area contributed by atoms with Gasteiger partial charge in [-0.05, 0) is 49.1 Å². The normalized spacial score (nSPS) is 19.9. The lowest BCUT2D eigenvalue weighted by molar-refractivity contribution is -0.120. The Balaban J connectivity index is 1.15. The van der Waals surface area contributed by atoms with Gasteiger partial charge in [0, 0.05) is 70.4 Å². The molecule has 1 saturated heterocycles. The molecule has 0 atom stereocenters. The highest BCUT2D eigenvalue weighted by Gasteiger charge is 2.33. The van der Waals surface area contributed by atoms with Gasteiger partial charge in [-0.2, -0.15) is 0 Å². The Hall–Kier alpha value is -3.79. The van der Waals surface area contributed by atoms with Crippen LogP contribution in [0.2, 0.25) is 0 Å². The SMILES string of the molecule is CNC(=O)CCN(C=O)c1cccc2c1ccn2C1CC(CN2CCN(c3ccc(C=O)nn3)CC2)C1. The summed E-state index contributed by atoms with van der Waals surface area (Å²) in [6.45, 7) is 5.25. The van der Waals surface area contributed by atoms with Crippen LogP contribution in [0.1, 0.15) is 35.8 Å². The molecule has 1 saturated carbocycles. The zero-order valence-corrected chi connectivity index (χ0v) is 21.1. The summed E-state index contributed by atoms with van der Waals surface area (Å²) in [4.78, 5) is 40.6. The predicted molar refractivity (Wildman–Crippen MR) is 142 cm³/mol. The van der Waals surface area contributed by atoms with Crippen LogP contribution in [0.5, 0.6) is 0 Å². The molecular weight excluding hydrogens is 470 g/mol. The first-order chi connectivity index (χ1) is 18.1. The largest absolute Gasteiger partial charge is 0.359 e. The molecule has 0 spiro atoms.